The summed E-state index contributed by atoms with van der Waals surface area (Å²) in [5.41, 5.74) is 4.51. The summed E-state index contributed by atoms with van der Waals surface area (Å²) in [7, 11) is 0. The molecule has 2 N–H and O–H groups in total. The van der Waals surface area contributed by atoms with Crippen LogP contribution in [0.4, 0.5) is 0 Å². The minimum atomic E-state index is 0.106. The summed E-state index contributed by atoms with van der Waals surface area (Å²) < 4.78 is 0. The molecular weight excluding hydrogens is 295 g/mol. The van der Waals surface area contributed by atoms with E-state index in [4.69, 9.17) is 23.2 Å². The Morgan fingerprint density at radius 2 is 1.35 bits per heavy atom. The van der Waals surface area contributed by atoms with Crippen molar-refractivity contribution >= 4 is 23.2 Å². The summed E-state index contributed by atoms with van der Waals surface area (Å²) in [6.07, 6.45) is 6.96. The second kappa shape index (κ2) is 6.95. The molecule has 2 aliphatic rings. The molecule has 0 spiro atoms. The van der Waals surface area contributed by atoms with Gasteiger partial charge in [0.15, 0.2) is 0 Å². The second-order valence-electron chi connectivity index (χ2n) is 5.16. The summed E-state index contributed by atoms with van der Waals surface area (Å²) in [5.74, 6) is 0.200. The third kappa shape index (κ3) is 3.04. The molecule has 0 aliphatic heterocycles. The van der Waals surface area contributed by atoms with Crippen LogP contribution in [0.1, 0.15) is 32.6 Å². The second-order valence-corrected chi connectivity index (χ2v) is 6.08. The molecule has 0 radical (unpaired) electrons. The third-order valence-corrected chi connectivity index (χ3v) is 4.78. The topological polar surface area (TPSA) is 40.5 Å². The van der Waals surface area contributed by atoms with Crippen LogP contribution in [0.3, 0.4) is 0 Å². The summed E-state index contributed by atoms with van der Waals surface area (Å²) in [6, 6.07) is 0. The van der Waals surface area contributed by atoms with Crippen LogP contribution in [-0.4, -0.2) is 23.4 Å². The van der Waals surface area contributed by atoms with Crippen molar-refractivity contribution in [2.24, 2.45) is 5.92 Å². The number of aliphatic hydroxyl groups is 2. The fourth-order valence-electron chi connectivity index (χ4n) is 3.03. The molecule has 2 aliphatic carbocycles. The van der Waals surface area contributed by atoms with E-state index in [-0.39, 0.29) is 19.1 Å². The number of allylic oxidation sites excluding steroid dienone is 6. The van der Waals surface area contributed by atoms with E-state index in [2.05, 4.69) is 19.1 Å². The molecule has 0 heterocycles. The molecule has 2 rings (SSSR count). The van der Waals surface area contributed by atoms with Crippen LogP contribution < -0.4 is 0 Å². The van der Waals surface area contributed by atoms with Gasteiger partial charge in [-0.2, -0.15) is 0 Å². The lowest BCUT2D eigenvalue weighted by atomic mass is 9.85. The van der Waals surface area contributed by atoms with Crippen LogP contribution in [0.5, 0.6) is 0 Å². The fourth-order valence-corrected chi connectivity index (χ4v) is 3.59. The van der Waals surface area contributed by atoms with Crippen LogP contribution in [0.2, 0.25) is 0 Å². The van der Waals surface area contributed by atoms with E-state index >= 15 is 0 Å². The van der Waals surface area contributed by atoms with E-state index in [0.29, 0.717) is 12.8 Å². The predicted octanol–water partition coefficient (Wildman–Crippen LogP) is 4.03. The third-order valence-electron chi connectivity index (χ3n) is 4.01. The van der Waals surface area contributed by atoms with Crippen LogP contribution in [-0.2, 0) is 0 Å². The van der Waals surface area contributed by atoms with Gasteiger partial charge in [0.25, 0.3) is 0 Å². The largest absolute Gasteiger partial charge is 0.396 e. The highest BCUT2D eigenvalue weighted by atomic mass is 35.5. The molecule has 0 aromatic rings. The average molecular weight is 315 g/mol. The molecule has 0 fully saturated rings. The maximum absolute atomic E-state index is 9.19. The smallest absolute Gasteiger partial charge is 0.0471 e. The Balaban J connectivity index is 2.23. The van der Waals surface area contributed by atoms with E-state index in [1.54, 1.807) is 0 Å². The van der Waals surface area contributed by atoms with Gasteiger partial charge in [-0.3, -0.25) is 0 Å². The van der Waals surface area contributed by atoms with Crippen LogP contribution >= 0.6 is 23.2 Å². The molecular formula is C16H20Cl2O2. The van der Waals surface area contributed by atoms with Crippen LogP contribution in [0.15, 0.2) is 44.5 Å². The lowest BCUT2D eigenvalue weighted by Gasteiger charge is -2.20. The van der Waals surface area contributed by atoms with Crippen molar-refractivity contribution in [3.8, 4) is 0 Å². The van der Waals surface area contributed by atoms with Crippen LogP contribution in [0.25, 0.3) is 0 Å². The van der Waals surface area contributed by atoms with E-state index in [0.717, 1.165) is 34.1 Å². The van der Waals surface area contributed by atoms with Gasteiger partial charge in [0.2, 0.25) is 0 Å². The number of halogens is 2. The van der Waals surface area contributed by atoms with E-state index in [9.17, 15) is 10.2 Å². The van der Waals surface area contributed by atoms with Gasteiger partial charge in [0.1, 0.15) is 0 Å². The maximum atomic E-state index is 9.19. The Bertz CT molecular complexity index is 467. The Morgan fingerprint density at radius 1 is 0.950 bits per heavy atom. The summed E-state index contributed by atoms with van der Waals surface area (Å²) >= 11 is 12.5. The lowest BCUT2D eigenvalue weighted by Crippen LogP contribution is -2.08. The first kappa shape index (κ1) is 15.8. The summed E-state index contributed by atoms with van der Waals surface area (Å²) in [6.45, 7) is 2.35. The Hall–Kier alpha value is -0.540. The fraction of sp³-hybridized carbons (Fsp3) is 0.500. The van der Waals surface area contributed by atoms with Gasteiger partial charge in [-0.15, -0.1) is 0 Å². The number of hydrogen-bond acceptors (Lipinski definition) is 2. The lowest BCUT2D eigenvalue weighted by molar-refractivity contribution is 0.299. The van der Waals surface area contributed by atoms with Gasteiger partial charge in [0.05, 0.1) is 0 Å². The molecule has 20 heavy (non-hydrogen) atoms. The number of hydrogen-bond donors (Lipinski definition) is 2. The SMILES string of the molecule is CC(C1=CCC(Cl)=C1CCO)C1=CCC(Cl)=C1CCO. The molecule has 2 nitrogen and oxygen atoms in total. The molecule has 4 heteroatoms. The Morgan fingerprint density at radius 3 is 1.70 bits per heavy atom. The zero-order chi connectivity index (χ0) is 14.7. The van der Waals surface area contributed by atoms with E-state index in [1.165, 1.54) is 11.1 Å². The molecule has 0 aromatic carbocycles. The molecule has 0 amide bonds. The van der Waals surface area contributed by atoms with Crippen molar-refractivity contribution < 1.29 is 10.2 Å². The van der Waals surface area contributed by atoms with Crippen molar-refractivity contribution in [2.45, 2.75) is 32.6 Å². The minimum Gasteiger partial charge on any atom is -0.396 e. The van der Waals surface area contributed by atoms with Crippen LogP contribution in [0, 0.1) is 5.92 Å². The van der Waals surface area contributed by atoms with E-state index in [1.807, 2.05) is 0 Å². The van der Waals surface area contributed by atoms with Crippen molar-refractivity contribution in [3.63, 3.8) is 0 Å². The van der Waals surface area contributed by atoms with Gasteiger partial charge < -0.3 is 10.2 Å². The van der Waals surface area contributed by atoms with Crippen molar-refractivity contribution in [1.82, 2.24) is 0 Å². The molecule has 0 saturated carbocycles. The normalized spacial score (nSPS) is 19.3. The number of rotatable bonds is 6. The average Bonchev–Trinajstić information content (AvgIpc) is 2.96. The van der Waals surface area contributed by atoms with Crippen molar-refractivity contribution in [1.29, 1.82) is 0 Å². The molecule has 0 atom stereocenters. The Labute approximate surface area is 130 Å². The molecule has 0 aromatic heterocycles. The van der Waals surface area contributed by atoms with Gasteiger partial charge >= 0.3 is 0 Å². The van der Waals surface area contributed by atoms with Crippen molar-refractivity contribution in [3.05, 3.63) is 44.5 Å². The predicted molar refractivity (Wildman–Crippen MR) is 83.7 cm³/mol. The molecule has 0 saturated heterocycles. The number of aliphatic hydroxyl groups excluding tert-OH is 2. The first-order valence-electron chi connectivity index (χ1n) is 6.97. The first-order chi connectivity index (χ1) is 9.60. The molecule has 110 valence electrons. The van der Waals surface area contributed by atoms with Gasteiger partial charge in [0, 0.05) is 42.0 Å². The molecule has 0 bridgehead atoms. The first-order valence-corrected chi connectivity index (χ1v) is 7.73. The standard InChI is InChI=1S/C16H20Cl2O2/c1-10(11-2-4-15(17)13(11)6-8-19)12-3-5-16(18)14(12)7-9-20/h2-3,10,19-20H,4-9H2,1H3. The Kier molecular flexibility index (Phi) is 5.50. The molecule has 0 unspecified atom stereocenters. The zero-order valence-electron chi connectivity index (χ0n) is 11.6. The zero-order valence-corrected chi connectivity index (χ0v) is 13.1. The summed E-state index contributed by atoms with van der Waals surface area (Å²) in [4.78, 5) is 0. The highest BCUT2D eigenvalue weighted by molar-refractivity contribution is 6.31. The summed E-state index contributed by atoms with van der Waals surface area (Å²) in [5, 5.41) is 20.0. The highest BCUT2D eigenvalue weighted by Crippen LogP contribution is 2.43. The van der Waals surface area contributed by atoms with Gasteiger partial charge in [-0.25, -0.2) is 0 Å². The van der Waals surface area contributed by atoms with Gasteiger partial charge in [-0.1, -0.05) is 42.3 Å². The maximum Gasteiger partial charge on any atom is 0.0471 e. The quantitative estimate of drug-likeness (QED) is 0.777. The van der Waals surface area contributed by atoms with Crippen molar-refractivity contribution in [2.75, 3.05) is 13.2 Å². The van der Waals surface area contributed by atoms with Gasteiger partial charge in [-0.05, 0) is 35.1 Å². The van der Waals surface area contributed by atoms with E-state index < -0.39 is 0 Å². The minimum absolute atomic E-state index is 0.106. The highest BCUT2D eigenvalue weighted by Gasteiger charge is 2.27. The monoisotopic (exact) mass is 314 g/mol.